The van der Waals surface area contributed by atoms with E-state index in [4.69, 9.17) is 5.73 Å². The molecule has 0 bridgehead atoms. The molecule has 0 unspecified atom stereocenters. The standard InChI is InChI=1S/C15H17N3S/c16-10-11-4-1-7-13-15(11)18-14(17-13)8-2-5-12-6-3-9-19-12/h1,3-4,6-7,9H,2,5,8,10,16H2,(H,17,18). The fourth-order valence-electron chi connectivity index (χ4n) is 2.31. The monoisotopic (exact) mass is 271 g/mol. The Morgan fingerprint density at radius 1 is 1.16 bits per heavy atom. The van der Waals surface area contributed by atoms with Crippen LogP contribution in [0.1, 0.15) is 22.7 Å². The first kappa shape index (κ1) is 12.4. The zero-order valence-electron chi connectivity index (χ0n) is 10.7. The van der Waals surface area contributed by atoms with Crippen LogP contribution >= 0.6 is 11.3 Å². The maximum Gasteiger partial charge on any atom is 0.107 e. The molecule has 0 amide bonds. The minimum Gasteiger partial charge on any atom is -0.342 e. The summed E-state index contributed by atoms with van der Waals surface area (Å²) in [6.45, 7) is 0.539. The lowest BCUT2D eigenvalue weighted by Gasteiger charge is -1.96. The third kappa shape index (κ3) is 2.69. The maximum absolute atomic E-state index is 5.74. The molecule has 3 rings (SSSR count). The van der Waals surface area contributed by atoms with E-state index in [1.54, 1.807) is 0 Å². The molecule has 3 aromatic rings. The number of para-hydroxylation sites is 1. The van der Waals surface area contributed by atoms with E-state index in [2.05, 4.69) is 33.5 Å². The maximum atomic E-state index is 5.74. The molecule has 19 heavy (non-hydrogen) atoms. The van der Waals surface area contributed by atoms with E-state index in [0.29, 0.717) is 6.54 Å². The second-order valence-electron chi connectivity index (χ2n) is 4.63. The summed E-state index contributed by atoms with van der Waals surface area (Å²) < 4.78 is 0. The smallest absolute Gasteiger partial charge is 0.107 e. The number of rotatable bonds is 5. The van der Waals surface area contributed by atoms with Crippen molar-refractivity contribution in [3.63, 3.8) is 0 Å². The number of thiophene rings is 1. The minimum absolute atomic E-state index is 0.539. The Morgan fingerprint density at radius 3 is 2.89 bits per heavy atom. The van der Waals surface area contributed by atoms with E-state index in [0.717, 1.165) is 41.7 Å². The molecule has 0 fully saturated rings. The summed E-state index contributed by atoms with van der Waals surface area (Å²) in [5.74, 6) is 1.06. The van der Waals surface area contributed by atoms with Gasteiger partial charge in [0.2, 0.25) is 0 Å². The number of hydrogen-bond acceptors (Lipinski definition) is 3. The van der Waals surface area contributed by atoms with Crippen LogP contribution in [0.25, 0.3) is 11.0 Å². The van der Waals surface area contributed by atoms with Gasteiger partial charge in [-0.25, -0.2) is 4.98 Å². The molecule has 3 N–H and O–H groups in total. The molecule has 0 atom stereocenters. The summed E-state index contributed by atoms with van der Waals surface area (Å²) in [4.78, 5) is 9.50. The Labute approximate surface area is 116 Å². The Morgan fingerprint density at radius 2 is 2.11 bits per heavy atom. The number of imidazole rings is 1. The number of benzene rings is 1. The van der Waals surface area contributed by atoms with Gasteiger partial charge in [0.1, 0.15) is 5.82 Å². The molecule has 0 saturated heterocycles. The summed E-state index contributed by atoms with van der Waals surface area (Å²) in [5, 5.41) is 2.13. The minimum atomic E-state index is 0.539. The van der Waals surface area contributed by atoms with Gasteiger partial charge in [-0.05, 0) is 35.9 Å². The second-order valence-corrected chi connectivity index (χ2v) is 5.67. The van der Waals surface area contributed by atoms with Crippen LogP contribution in [0, 0.1) is 0 Å². The van der Waals surface area contributed by atoms with Crippen molar-refractivity contribution < 1.29 is 0 Å². The summed E-state index contributed by atoms with van der Waals surface area (Å²) in [6, 6.07) is 10.4. The van der Waals surface area contributed by atoms with E-state index in [1.807, 2.05) is 23.5 Å². The Balaban J connectivity index is 1.71. The predicted octanol–water partition coefficient (Wildman–Crippen LogP) is 3.26. The molecule has 1 aromatic carbocycles. The van der Waals surface area contributed by atoms with Crippen molar-refractivity contribution in [1.29, 1.82) is 0 Å². The van der Waals surface area contributed by atoms with Crippen molar-refractivity contribution in [3.05, 3.63) is 52.0 Å². The van der Waals surface area contributed by atoms with Crippen molar-refractivity contribution in [1.82, 2.24) is 9.97 Å². The van der Waals surface area contributed by atoms with Crippen LogP contribution in [0.5, 0.6) is 0 Å². The van der Waals surface area contributed by atoms with Gasteiger partial charge in [0.15, 0.2) is 0 Å². The highest BCUT2D eigenvalue weighted by Crippen LogP contribution is 2.18. The highest BCUT2D eigenvalue weighted by Gasteiger charge is 2.06. The number of nitrogens with two attached hydrogens (primary N) is 1. The van der Waals surface area contributed by atoms with Gasteiger partial charge in [-0.2, -0.15) is 0 Å². The number of nitrogens with one attached hydrogen (secondary N) is 1. The number of aromatic nitrogens is 2. The Bertz CT molecular complexity index is 655. The fraction of sp³-hybridized carbons (Fsp3) is 0.267. The van der Waals surface area contributed by atoms with Gasteiger partial charge < -0.3 is 10.7 Å². The quantitative estimate of drug-likeness (QED) is 0.748. The van der Waals surface area contributed by atoms with E-state index in [-0.39, 0.29) is 0 Å². The third-order valence-corrected chi connectivity index (χ3v) is 4.22. The van der Waals surface area contributed by atoms with E-state index in [9.17, 15) is 0 Å². The molecule has 0 spiro atoms. The summed E-state index contributed by atoms with van der Waals surface area (Å²) in [6.07, 6.45) is 3.23. The van der Waals surface area contributed by atoms with Gasteiger partial charge in [0, 0.05) is 17.8 Å². The number of H-pyrrole nitrogens is 1. The van der Waals surface area contributed by atoms with Gasteiger partial charge in [-0.15, -0.1) is 11.3 Å². The Hall–Kier alpha value is -1.65. The molecule has 0 aliphatic heterocycles. The normalized spacial score (nSPS) is 11.2. The highest BCUT2D eigenvalue weighted by molar-refractivity contribution is 7.09. The van der Waals surface area contributed by atoms with E-state index >= 15 is 0 Å². The Kier molecular flexibility index (Phi) is 3.62. The van der Waals surface area contributed by atoms with Gasteiger partial charge in [0.05, 0.1) is 11.0 Å². The number of fused-ring (bicyclic) bond motifs is 1. The average molecular weight is 271 g/mol. The molecular formula is C15H17N3S. The molecule has 2 aromatic heterocycles. The summed E-state index contributed by atoms with van der Waals surface area (Å²) in [7, 11) is 0. The molecular weight excluding hydrogens is 254 g/mol. The van der Waals surface area contributed by atoms with Crippen LogP contribution in [0.3, 0.4) is 0 Å². The zero-order valence-corrected chi connectivity index (χ0v) is 11.5. The van der Waals surface area contributed by atoms with Crippen molar-refractivity contribution in [2.45, 2.75) is 25.8 Å². The van der Waals surface area contributed by atoms with E-state index < -0.39 is 0 Å². The van der Waals surface area contributed by atoms with Gasteiger partial charge >= 0.3 is 0 Å². The van der Waals surface area contributed by atoms with Crippen molar-refractivity contribution in [2.75, 3.05) is 0 Å². The second kappa shape index (κ2) is 5.55. The molecule has 0 saturated carbocycles. The van der Waals surface area contributed by atoms with E-state index in [1.165, 1.54) is 4.88 Å². The molecule has 2 heterocycles. The number of hydrogen-bond donors (Lipinski definition) is 2. The van der Waals surface area contributed by atoms with Crippen molar-refractivity contribution in [3.8, 4) is 0 Å². The number of aromatic amines is 1. The number of aryl methyl sites for hydroxylation is 2. The van der Waals surface area contributed by atoms with Crippen LogP contribution < -0.4 is 5.73 Å². The molecule has 3 nitrogen and oxygen atoms in total. The number of nitrogens with zero attached hydrogens (tertiary/aromatic N) is 1. The first-order valence-electron chi connectivity index (χ1n) is 6.56. The topological polar surface area (TPSA) is 54.7 Å². The SMILES string of the molecule is NCc1cccc2[nH]c(CCCc3cccs3)nc12. The summed E-state index contributed by atoms with van der Waals surface area (Å²) >= 11 is 1.82. The van der Waals surface area contributed by atoms with Crippen molar-refractivity contribution >= 4 is 22.4 Å². The zero-order chi connectivity index (χ0) is 13.1. The summed E-state index contributed by atoms with van der Waals surface area (Å²) in [5.41, 5.74) is 8.96. The lowest BCUT2D eigenvalue weighted by atomic mass is 10.2. The first-order valence-corrected chi connectivity index (χ1v) is 7.43. The van der Waals surface area contributed by atoms with Crippen LogP contribution in [0.4, 0.5) is 0 Å². The first-order chi connectivity index (χ1) is 9.36. The predicted molar refractivity (Wildman–Crippen MR) is 80.3 cm³/mol. The largest absolute Gasteiger partial charge is 0.342 e. The van der Waals surface area contributed by atoms with Crippen LogP contribution in [-0.4, -0.2) is 9.97 Å². The molecule has 98 valence electrons. The van der Waals surface area contributed by atoms with Crippen LogP contribution in [0.15, 0.2) is 35.7 Å². The molecule has 4 heteroatoms. The van der Waals surface area contributed by atoms with Gasteiger partial charge in [-0.1, -0.05) is 18.2 Å². The lowest BCUT2D eigenvalue weighted by Crippen LogP contribution is -1.96. The third-order valence-electron chi connectivity index (χ3n) is 3.28. The average Bonchev–Trinajstić information content (AvgIpc) is 3.06. The molecule has 0 aliphatic rings. The fourth-order valence-corrected chi connectivity index (χ4v) is 3.06. The molecule has 0 aliphatic carbocycles. The van der Waals surface area contributed by atoms with Gasteiger partial charge in [-0.3, -0.25) is 0 Å². The lowest BCUT2D eigenvalue weighted by molar-refractivity contribution is 0.793. The van der Waals surface area contributed by atoms with Gasteiger partial charge in [0.25, 0.3) is 0 Å². The highest BCUT2D eigenvalue weighted by atomic mass is 32.1. The van der Waals surface area contributed by atoms with Crippen molar-refractivity contribution in [2.24, 2.45) is 5.73 Å². The van der Waals surface area contributed by atoms with Crippen LogP contribution in [-0.2, 0) is 19.4 Å². The molecule has 0 radical (unpaired) electrons. The van der Waals surface area contributed by atoms with Crippen LogP contribution in [0.2, 0.25) is 0 Å².